The number of benzene rings is 1. The van der Waals surface area contributed by atoms with Gasteiger partial charge in [0.25, 0.3) is 5.69 Å². The van der Waals surface area contributed by atoms with Crippen LogP contribution in [0.2, 0.25) is 0 Å². The lowest BCUT2D eigenvalue weighted by molar-refractivity contribution is -0.384. The summed E-state index contributed by atoms with van der Waals surface area (Å²) in [4.78, 5) is 22.4. The highest BCUT2D eigenvalue weighted by atomic mass is 16.6. The van der Waals surface area contributed by atoms with Crippen molar-refractivity contribution in [3.05, 3.63) is 44.9 Å². The first-order valence-electron chi connectivity index (χ1n) is 6.19. The van der Waals surface area contributed by atoms with Gasteiger partial charge in [-0.25, -0.2) is 14.0 Å². The third-order valence-electron chi connectivity index (χ3n) is 2.76. The number of nitro groups is 1. The van der Waals surface area contributed by atoms with Crippen LogP contribution < -0.4 is 11.0 Å². The fourth-order valence-electron chi connectivity index (χ4n) is 1.79. The normalized spacial score (nSPS) is 10.5. The van der Waals surface area contributed by atoms with Gasteiger partial charge in [-0.15, -0.1) is 5.10 Å². The molecule has 0 amide bonds. The molecule has 0 aliphatic carbocycles. The molecule has 0 fully saturated rings. The Morgan fingerprint density at radius 2 is 2.20 bits per heavy atom. The molecule has 2 aromatic rings. The van der Waals surface area contributed by atoms with Crippen LogP contribution in [0.1, 0.15) is 13.3 Å². The highest BCUT2D eigenvalue weighted by Gasteiger charge is 2.15. The number of aryl methyl sites for hydroxylation is 1. The Kier molecular flexibility index (Phi) is 3.83. The van der Waals surface area contributed by atoms with E-state index in [0.29, 0.717) is 18.2 Å². The van der Waals surface area contributed by atoms with Crippen LogP contribution in [0.3, 0.4) is 0 Å². The molecule has 20 heavy (non-hydrogen) atoms. The van der Waals surface area contributed by atoms with Gasteiger partial charge < -0.3 is 5.32 Å². The van der Waals surface area contributed by atoms with Crippen LogP contribution in [-0.4, -0.2) is 25.8 Å². The molecule has 0 aliphatic heterocycles. The molecule has 1 heterocycles. The van der Waals surface area contributed by atoms with Gasteiger partial charge in [0.05, 0.1) is 10.6 Å². The fourth-order valence-corrected chi connectivity index (χ4v) is 1.79. The van der Waals surface area contributed by atoms with Gasteiger partial charge in [-0.3, -0.25) is 10.1 Å². The zero-order valence-corrected chi connectivity index (χ0v) is 11.2. The molecule has 106 valence electrons. The molecule has 1 N–H and O–H groups in total. The van der Waals surface area contributed by atoms with Crippen molar-refractivity contribution in [2.45, 2.75) is 13.3 Å². The maximum atomic E-state index is 12.1. The first-order chi connectivity index (χ1) is 9.54. The fraction of sp³-hybridized carbons (Fsp3) is 0.333. The maximum absolute atomic E-state index is 12.1. The molecular formula is C12H15N5O3. The van der Waals surface area contributed by atoms with Crippen LogP contribution in [0, 0.1) is 10.1 Å². The predicted molar refractivity (Wildman–Crippen MR) is 74.2 cm³/mol. The van der Waals surface area contributed by atoms with Gasteiger partial charge in [0, 0.05) is 25.7 Å². The molecule has 0 atom stereocenters. The van der Waals surface area contributed by atoms with E-state index >= 15 is 0 Å². The zero-order chi connectivity index (χ0) is 14.7. The van der Waals surface area contributed by atoms with Crippen LogP contribution in [0.25, 0.3) is 5.69 Å². The maximum Gasteiger partial charge on any atom is 0.351 e. The number of aromatic nitrogens is 3. The SMILES string of the molecule is CCCNc1nn(C)c(=O)n1-c1cccc([N+](=O)[O-])c1. The molecule has 1 aromatic heterocycles. The van der Waals surface area contributed by atoms with Crippen molar-refractivity contribution in [3.8, 4) is 5.69 Å². The number of hydrogen-bond donors (Lipinski definition) is 1. The summed E-state index contributed by atoms with van der Waals surface area (Å²) >= 11 is 0. The molecular weight excluding hydrogens is 262 g/mol. The lowest BCUT2D eigenvalue weighted by atomic mass is 10.3. The minimum atomic E-state index is -0.496. The molecule has 0 saturated carbocycles. The number of hydrogen-bond acceptors (Lipinski definition) is 5. The zero-order valence-electron chi connectivity index (χ0n) is 11.2. The Morgan fingerprint density at radius 1 is 1.45 bits per heavy atom. The molecule has 0 radical (unpaired) electrons. The van der Waals surface area contributed by atoms with Gasteiger partial charge in [0.1, 0.15) is 0 Å². The molecule has 8 heteroatoms. The topological polar surface area (TPSA) is 95.0 Å². The van der Waals surface area contributed by atoms with Crippen molar-refractivity contribution in [2.75, 3.05) is 11.9 Å². The highest BCUT2D eigenvalue weighted by molar-refractivity contribution is 5.47. The molecule has 0 spiro atoms. The van der Waals surface area contributed by atoms with Gasteiger partial charge in [-0.1, -0.05) is 13.0 Å². The summed E-state index contributed by atoms with van der Waals surface area (Å²) < 4.78 is 2.51. The molecule has 1 aromatic carbocycles. The van der Waals surface area contributed by atoms with E-state index in [-0.39, 0.29) is 11.4 Å². The van der Waals surface area contributed by atoms with E-state index in [1.54, 1.807) is 6.07 Å². The lowest BCUT2D eigenvalue weighted by Gasteiger charge is -2.06. The lowest BCUT2D eigenvalue weighted by Crippen LogP contribution is -2.22. The largest absolute Gasteiger partial charge is 0.354 e. The Balaban J connectivity index is 2.53. The molecule has 0 saturated heterocycles. The van der Waals surface area contributed by atoms with Gasteiger partial charge in [-0.05, 0) is 12.5 Å². The Hall–Kier alpha value is -2.64. The van der Waals surface area contributed by atoms with Crippen molar-refractivity contribution in [3.63, 3.8) is 0 Å². The molecule has 0 unspecified atom stereocenters. The van der Waals surface area contributed by atoms with Crippen molar-refractivity contribution in [2.24, 2.45) is 7.05 Å². The number of nitrogens with one attached hydrogen (secondary N) is 1. The second-order valence-corrected chi connectivity index (χ2v) is 4.27. The Labute approximate surface area is 114 Å². The van der Waals surface area contributed by atoms with Crippen LogP contribution in [0.4, 0.5) is 11.6 Å². The quantitative estimate of drug-likeness (QED) is 0.656. The summed E-state index contributed by atoms with van der Waals surface area (Å²) in [7, 11) is 1.54. The summed E-state index contributed by atoms with van der Waals surface area (Å²) in [5, 5.41) is 17.9. The van der Waals surface area contributed by atoms with E-state index in [0.717, 1.165) is 6.42 Å². The third kappa shape index (κ3) is 2.53. The van der Waals surface area contributed by atoms with E-state index in [2.05, 4.69) is 10.4 Å². The van der Waals surface area contributed by atoms with E-state index in [9.17, 15) is 14.9 Å². The van der Waals surface area contributed by atoms with Gasteiger partial charge in [0.15, 0.2) is 0 Å². The van der Waals surface area contributed by atoms with E-state index in [1.807, 2.05) is 6.92 Å². The summed E-state index contributed by atoms with van der Waals surface area (Å²) in [6.45, 7) is 2.65. The Morgan fingerprint density at radius 3 is 2.85 bits per heavy atom. The summed E-state index contributed by atoms with van der Waals surface area (Å²) in [5.74, 6) is 0.375. The van der Waals surface area contributed by atoms with Crippen LogP contribution >= 0.6 is 0 Å². The van der Waals surface area contributed by atoms with Crippen molar-refractivity contribution in [1.29, 1.82) is 0 Å². The monoisotopic (exact) mass is 277 g/mol. The summed E-state index contributed by atoms with van der Waals surface area (Å²) in [6, 6.07) is 5.90. The summed E-state index contributed by atoms with van der Waals surface area (Å²) in [5.41, 5.74) is -0.0142. The smallest absolute Gasteiger partial charge is 0.351 e. The van der Waals surface area contributed by atoms with Crippen molar-refractivity contribution >= 4 is 11.6 Å². The average Bonchev–Trinajstić information content (AvgIpc) is 2.72. The predicted octanol–water partition coefficient (Wildman–Crippen LogP) is 1.30. The minimum absolute atomic E-state index is 0.0697. The second kappa shape index (κ2) is 5.55. The molecule has 0 bridgehead atoms. The van der Waals surface area contributed by atoms with Crippen LogP contribution in [0.15, 0.2) is 29.1 Å². The van der Waals surface area contributed by atoms with E-state index in [1.165, 1.54) is 34.5 Å². The number of non-ortho nitro benzene ring substituents is 1. The van der Waals surface area contributed by atoms with Gasteiger partial charge in [0.2, 0.25) is 5.95 Å². The van der Waals surface area contributed by atoms with Crippen molar-refractivity contribution < 1.29 is 4.92 Å². The first kappa shape index (κ1) is 13.8. The van der Waals surface area contributed by atoms with E-state index < -0.39 is 4.92 Å². The first-order valence-corrected chi connectivity index (χ1v) is 6.19. The third-order valence-corrected chi connectivity index (χ3v) is 2.76. The average molecular weight is 277 g/mol. The number of anilines is 1. The second-order valence-electron chi connectivity index (χ2n) is 4.27. The number of nitro benzene ring substituents is 1. The number of nitrogens with zero attached hydrogens (tertiary/aromatic N) is 4. The highest BCUT2D eigenvalue weighted by Crippen LogP contribution is 2.17. The van der Waals surface area contributed by atoms with Crippen LogP contribution in [-0.2, 0) is 7.05 Å². The molecule has 8 nitrogen and oxygen atoms in total. The molecule has 0 aliphatic rings. The minimum Gasteiger partial charge on any atom is -0.354 e. The van der Waals surface area contributed by atoms with E-state index in [4.69, 9.17) is 0 Å². The number of rotatable bonds is 5. The van der Waals surface area contributed by atoms with Crippen LogP contribution in [0.5, 0.6) is 0 Å². The molecule has 2 rings (SSSR count). The van der Waals surface area contributed by atoms with Gasteiger partial charge >= 0.3 is 5.69 Å². The van der Waals surface area contributed by atoms with Crippen molar-refractivity contribution in [1.82, 2.24) is 14.3 Å². The Bertz CT molecular complexity index is 689. The standard InChI is InChI=1S/C12H15N5O3/c1-3-7-13-11-14-15(2)12(18)16(11)9-5-4-6-10(8-9)17(19)20/h4-6,8H,3,7H2,1-2H3,(H,13,14). The summed E-state index contributed by atoms with van der Waals surface area (Å²) in [6.07, 6.45) is 0.875. The van der Waals surface area contributed by atoms with Gasteiger partial charge in [-0.2, -0.15) is 0 Å².